The van der Waals surface area contributed by atoms with Crippen molar-refractivity contribution < 1.29 is 9.47 Å². The Morgan fingerprint density at radius 2 is 1.65 bits per heavy atom. The molecule has 118 valence electrons. The number of ether oxygens (including phenoxy) is 2. The third-order valence-corrected chi connectivity index (χ3v) is 4.08. The summed E-state index contributed by atoms with van der Waals surface area (Å²) in [5.74, 6) is 0.973. The van der Waals surface area contributed by atoms with E-state index in [1.54, 1.807) is 0 Å². The van der Waals surface area contributed by atoms with Gasteiger partial charge >= 0.3 is 0 Å². The number of para-hydroxylation sites is 1. The summed E-state index contributed by atoms with van der Waals surface area (Å²) in [6, 6.07) is 18.3. The van der Waals surface area contributed by atoms with Gasteiger partial charge in [0.1, 0.15) is 18.5 Å². The Morgan fingerprint density at radius 3 is 2.39 bits per heavy atom. The largest absolute Gasteiger partial charge is 0.491 e. The van der Waals surface area contributed by atoms with Crippen molar-refractivity contribution in [1.82, 2.24) is 0 Å². The van der Waals surface area contributed by atoms with Crippen LogP contribution < -0.4 is 4.74 Å². The maximum Gasteiger partial charge on any atom is 0.122 e. The first-order valence-corrected chi connectivity index (χ1v) is 8.17. The minimum Gasteiger partial charge on any atom is -0.491 e. The predicted octanol–water partition coefficient (Wildman–Crippen LogP) is 3.90. The highest BCUT2D eigenvalue weighted by molar-refractivity contribution is 5.37. The number of aryl methyl sites for hydroxylation is 2. The van der Waals surface area contributed by atoms with Gasteiger partial charge in [0.2, 0.25) is 0 Å². The maximum atomic E-state index is 9.12. The fraction of sp³-hybridized carbons (Fsp3) is 0.350. The van der Waals surface area contributed by atoms with Gasteiger partial charge in [0, 0.05) is 0 Å². The zero-order chi connectivity index (χ0) is 15.9. The number of unbranched alkanes of at least 4 members (excludes halogenated alkanes) is 1. The van der Waals surface area contributed by atoms with Crippen molar-refractivity contribution in [2.24, 2.45) is 0 Å². The predicted molar refractivity (Wildman–Crippen MR) is 89.5 cm³/mol. The van der Waals surface area contributed by atoms with Crippen LogP contribution in [0.2, 0.25) is 0 Å². The van der Waals surface area contributed by atoms with Gasteiger partial charge in [-0.2, -0.15) is 5.26 Å². The molecule has 1 atom stereocenters. The SMILES string of the molecule is N#Cc1ccccc1CCCCc1ccccc1OCC1CO1. The minimum absolute atomic E-state index is 0.283. The van der Waals surface area contributed by atoms with Crippen molar-refractivity contribution in [2.75, 3.05) is 13.2 Å². The number of nitrogens with zero attached hydrogens (tertiary/aromatic N) is 1. The molecule has 23 heavy (non-hydrogen) atoms. The smallest absolute Gasteiger partial charge is 0.122 e. The molecule has 0 aliphatic carbocycles. The van der Waals surface area contributed by atoms with Gasteiger partial charge in [-0.3, -0.25) is 0 Å². The second kappa shape index (κ2) is 7.80. The van der Waals surface area contributed by atoms with Crippen molar-refractivity contribution in [1.29, 1.82) is 5.26 Å². The summed E-state index contributed by atoms with van der Waals surface area (Å²) in [7, 11) is 0. The topological polar surface area (TPSA) is 45.5 Å². The van der Waals surface area contributed by atoms with Gasteiger partial charge in [-0.25, -0.2) is 0 Å². The molecule has 2 aromatic rings. The monoisotopic (exact) mass is 307 g/mol. The van der Waals surface area contributed by atoms with Crippen LogP contribution in [0.3, 0.4) is 0 Å². The number of nitriles is 1. The van der Waals surface area contributed by atoms with E-state index in [-0.39, 0.29) is 6.10 Å². The quantitative estimate of drug-likeness (QED) is 0.549. The lowest BCUT2D eigenvalue weighted by molar-refractivity contribution is 0.261. The van der Waals surface area contributed by atoms with Crippen LogP contribution in [0.5, 0.6) is 5.75 Å². The summed E-state index contributed by atoms with van der Waals surface area (Å²) >= 11 is 0. The van der Waals surface area contributed by atoms with Crippen molar-refractivity contribution in [3.8, 4) is 11.8 Å². The van der Waals surface area contributed by atoms with Crippen LogP contribution in [0.15, 0.2) is 48.5 Å². The van der Waals surface area contributed by atoms with Crippen molar-refractivity contribution in [2.45, 2.75) is 31.8 Å². The average Bonchev–Trinajstić information content (AvgIpc) is 3.42. The number of benzene rings is 2. The van der Waals surface area contributed by atoms with E-state index in [0.717, 1.165) is 49.2 Å². The van der Waals surface area contributed by atoms with Crippen LogP contribution in [0, 0.1) is 11.3 Å². The molecule has 0 radical (unpaired) electrons. The lowest BCUT2D eigenvalue weighted by Gasteiger charge is -2.10. The first-order chi connectivity index (χ1) is 11.4. The summed E-state index contributed by atoms with van der Waals surface area (Å²) in [6.07, 6.45) is 4.38. The van der Waals surface area contributed by atoms with E-state index in [1.807, 2.05) is 36.4 Å². The molecule has 0 amide bonds. The van der Waals surface area contributed by atoms with Crippen LogP contribution >= 0.6 is 0 Å². The molecule has 0 saturated carbocycles. The molecule has 1 fully saturated rings. The molecule has 3 nitrogen and oxygen atoms in total. The Kier molecular flexibility index (Phi) is 5.29. The molecular weight excluding hydrogens is 286 g/mol. The van der Waals surface area contributed by atoms with Gasteiger partial charge in [-0.1, -0.05) is 36.4 Å². The fourth-order valence-corrected chi connectivity index (χ4v) is 2.68. The Bertz CT molecular complexity index is 686. The van der Waals surface area contributed by atoms with Crippen LogP contribution in [0.4, 0.5) is 0 Å². The molecule has 1 aliphatic heterocycles. The third-order valence-electron chi connectivity index (χ3n) is 4.08. The number of epoxide rings is 1. The Morgan fingerprint density at radius 1 is 1.00 bits per heavy atom. The number of hydrogen-bond donors (Lipinski definition) is 0. The fourth-order valence-electron chi connectivity index (χ4n) is 2.68. The van der Waals surface area contributed by atoms with E-state index in [1.165, 1.54) is 5.56 Å². The van der Waals surface area contributed by atoms with E-state index in [9.17, 15) is 0 Å². The van der Waals surface area contributed by atoms with Crippen molar-refractivity contribution in [3.05, 3.63) is 65.2 Å². The standard InChI is InChI=1S/C20H21NO2/c21-13-18-11-4-2-8-16(18)7-1-3-9-17-10-5-6-12-20(17)23-15-19-14-22-19/h2,4-6,8,10-12,19H,1,3,7,9,14-15H2. The lowest BCUT2D eigenvalue weighted by Crippen LogP contribution is -2.06. The molecule has 0 spiro atoms. The minimum atomic E-state index is 0.283. The van der Waals surface area contributed by atoms with Gasteiger partial charge in [0.05, 0.1) is 18.2 Å². The first-order valence-electron chi connectivity index (χ1n) is 8.17. The molecule has 0 N–H and O–H groups in total. The molecule has 1 unspecified atom stereocenters. The zero-order valence-electron chi connectivity index (χ0n) is 13.2. The summed E-state index contributed by atoms with van der Waals surface area (Å²) in [6.45, 7) is 1.47. The molecule has 1 heterocycles. The summed E-state index contributed by atoms with van der Waals surface area (Å²) in [5.41, 5.74) is 3.19. The van der Waals surface area contributed by atoms with Crippen LogP contribution in [0.1, 0.15) is 29.5 Å². The maximum absolute atomic E-state index is 9.12. The molecule has 1 aliphatic rings. The number of rotatable bonds is 8. The molecule has 2 aromatic carbocycles. The Balaban J connectivity index is 1.49. The molecule has 3 rings (SSSR count). The second-order valence-corrected chi connectivity index (χ2v) is 5.85. The highest BCUT2D eigenvalue weighted by atomic mass is 16.6. The summed E-state index contributed by atoms with van der Waals surface area (Å²) in [4.78, 5) is 0. The molecular formula is C20H21NO2. The van der Waals surface area contributed by atoms with Crippen molar-refractivity contribution >= 4 is 0 Å². The first kappa shape index (κ1) is 15.6. The molecule has 3 heteroatoms. The molecule has 0 bridgehead atoms. The van der Waals surface area contributed by atoms with Gasteiger partial charge in [0.25, 0.3) is 0 Å². The van der Waals surface area contributed by atoms with E-state index in [2.05, 4.69) is 18.2 Å². The number of hydrogen-bond acceptors (Lipinski definition) is 3. The zero-order valence-corrected chi connectivity index (χ0v) is 13.2. The normalized spacial score (nSPS) is 15.9. The Hall–Kier alpha value is -2.31. The molecule has 0 aromatic heterocycles. The van der Waals surface area contributed by atoms with Gasteiger partial charge in [-0.05, 0) is 48.9 Å². The van der Waals surface area contributed by atoms with Gasteiger partial charge in [0.15, 0.2) is 0 Å². The highest BCUT2D eigenvalue weighted by Gasteiger charge is 2.23. The van der Waals surface area contributed by atoms with Gasteiger partial charge < -0.3 is 9.47 Å². The van der Waals surface area contributed by atoms with E-state index >= 15 is 0 Å². The van der Waals surface area contributed by atoms with E-state index in [4.69, 9.17) is 14.7 Å². The highest BCUT2D eigenvalue weighted by Crippen LogP contribution is 2.22. The molecule has 1 saturated heterocycles. The summed E-state index contributed by atoms with van der Waals surface area (Å²) in [5, 5.41) is 9.12. The third kappa shape index (κ3) is 4.58. The summed E-state index contributed by atoms with van der Waals surface area (Å²) < 4.78 is 11.0. The van der Waals surface area contributed by atoms with Crippen LogP contribution in [0.25, 0.3) is 0 Å². The van der Waals surface area contributed by atoms with Crippen LogP contribution in [-0.2, 0) is 17.6 Å². The van der Waals surface area contributed by atoms with Gasteiger partial charge in [-0.15, -0.1) is 0 Å². The Labute approximate surface area is 137 Å². The lowest BCUT2D eigenvalue weighted by atomic mass is 10.00. The average molecular weight is 307 g/mol. The van der Waals surface area contributed by atoms with E-state index < -0.39 is 0 Å². The van der Waals surface area contributed by atoms with Crippen molar-refractivity contribution in [3.63, 3.8) is 0 Å². The van der Waals surface area contributed by atoms with E-state index in [0.29, 0.717) is 6.61 Å². The van der Waals surface area contributed by atoms with Crippen LogP contribution in [-0.4, -0.2) is 19.3 Å². The second-order valence-electron chi connectivity index (χ2n) is 5.85.